The van der Waals surface area contributed by atoms with Crippen molar-refractivity contribution in [2.75, 3.05) is 12.3 Å². The van der Waals surface area contributed by atoms with E-state index < -0.39 is 47.9 Å². The molecule has 7 N–H and O–H groups in total. The predicted molar refractivity (Wildman–Crippen MR) is 127 cm³/mol. The molecule has 0 spiro atoms. The number of nitrogens with two attached hydrogens (primary N) is 1. The number of primary amides is 1. The van der Waals surface area contributed by atoms with Gasteiger partial charge >= 0.3 is 5.97 Å². The van der Waals surface area contributed by atoms with Crippen molar-refractivity contribution in [2.24, 2.45) is 5.73 Å². The Kier molecular flexibility index (Phi) is 10.8. The van der Waals surface area contributed by atoms with Crippen LogP contribution in [0.25, 0.3) is 0 Å². The van der Waals surface area contributed by atoms with Crippen molar-refractivity contribution in [2.45, 2.75) is 56.3 Å². The lowest BCUT2D eigenvalue weighted by Crippen LogP contribution is -2.57. The molecule has 0 aromatic heterocycles. The van der Waals surface area contributed by atoms with Crippen LogP contribution >= 0.6 is 12.6 Å². The number of hydrogen-bond acceptors (Lipinski definition) is 7. The average Bonchev–Trinajstić information content (AvgIpc) is 3.35. The van der Waals surface area contributed by atoms with E-state index in [0.717, 1.165) is 12.0 Å². The van der Waals surface area contributed by atoms with Crippen LogP contribution in [0.5, 0.6) is 0 Å². The molecule has 4 atom stereocenters. The summed E-state index contributed by atoms with van der Waals surface area (Å²) in [6.07, 6.45) is 1.31. The van der Waals surface area contributed by atoms with Gasteiger partial charge in [-0.15, -0.1) is 0 Å². The summed E-state index contributed by atoms with van der Waals surface area (Å²) in [6, 6.07) is 4.87. The Bertz CT molecular complexity index is 878. The largest absolute Gasteiger partial charge is 0.480 e. The van der Waals surface area contributed by atoms with E-state index in [2.05, 4.69) is 33.9 Å². The van der Waals surface area contributed by atoms with Crippen molar-refractivity contribution in [3.63, 3.8) is 0 Å². The van der Waals surface area contributed by atoms with Crippen LogP contribution in [0.3, 0.4) is 0 Å². The van der Waals surface area contributed by atoms with Gasteiger partial charge in [0.25, 0.3) is 0 Å². The van der Waals surface area contributed by atoms with Gasteiger partial charge in [0.15, 0.2) is 0 Å². The van der Waals surface area contributed by atoms with Gasteiger partial charge in [-0.05, 0) is 31.4 Å². The number of carboxylic acid groups (broad SMARTS) is 1. The zero-order chi connectivity index (χ0) is 25.1. The van der Waals surface area contributed by atoms with E-state index in [0.29, 0.717) is 13.0 Å². The third kappa shape index (κ3) is 8.67. The first-order valence-corrected chi connectivity index (χ1v) is 11.6. The number of rotatable bonds is 13. The number of carbonyl (C=O) groups excluding carboxylic acids is 4. The van der Waals surface area contributed by atoms with Crippen LogP contribution in [-0.4, -0.2) is 71.2 Å². The number of benzene rings is 1. The molecular formula is C22H31N5O6S. The SMILES string of the molecule is NC(=O)CC[C@H](NC(=O)[C@@H]1CCCN1)C(=O)N[C@@H](CS)C(=O)N[C@@H](Cc1ccccc1)C(=O)O. The van der Waals surface area contributed by atoms with E-state index >= 15 is 0 Å². The van der Waals surface area contributed by atoms with Gasteiger partial charge < -0.3 is 32.1 Å². The third-order valence-corrected chi connectivity index (χ3v) is 5.77. The lowest BCUT2D eigenvalue weighted by Gasteiger charge is -2.24. The Labute approximate surface area is 203 Å². The van der Waals surface area contributed by atoms with Gasteiger partial charge in [0.05, 0.1) is 6.04 Å². The molecule has 0 aliphatic carbocycles. The van der Waals surface area contributed by atoms with E-state index in [-0.39, 0.29) is 30.9 Å². The van der Waals surface area contributed by atoms with Crippen LogP contribution in [0.2, 0.25) is 0 Å². The van der Waals surface area contributed by atoms with Crippen LogP contribution in [0.1, 0.15) is 31.2 Å². The minimum absolute atomic E-state index is 0.0493. The average molecular weight is 494 g/mol. The van der Waals surface area contributed by atoms with Crippen LogP contribution < -0.4 is 27.0 Å². The van der Waals surface area contributed by atoms with Crippen molar-refractivity contribution >= 4 is 42.2 Å². The van der Waals surface area contributed by atoms with Gasteiger partial charge in [-0.3, -0.25) is 19.2 Å². The van der Waals surface area contributed by atoms with E-state index in [1.807, 2.05) is 0 Å². The fraction of sp³-hybridized carbons (Fsp3) is 0.500. The summed E-state index contributed by atoms with van der Waals surface area (Å²) in [5.74, 6) is -3.80. The number of amides is 4. The standard InChI is InChI=1S/C22H31N5O6S/c23-18(28)9-8-15(25-19(29)14-7-4-10-24-14)20(30)27-17(12-34)21(31)26-16(22(32)33)11-13-5-2-1-3-6-13/h1-3,5-6,14-17,24,34H,4,7-12H2,(H2,23,28)(H,25,29)(H,26,31)(H,27,30)(H,32,33)/t14-,15-,16-,17-/m0/s1. The Balaban J connectivity index is 2.03. The molecule has 1 saturated heterocycles. The van der Waals surface area contributed by atoms with Gasteiger partial charge in [-0.2, -0.15) is 12.6 Å². The molecule has 0 unspecified atom stereocenters. The molecule has 0 radical (unpaired) electrons. The molecular weight excluding hydrogens is 462 g/mol. The molecule has 1 heterocycles. The molecule has 1 aliphatic heterocycles. The summed E-state index contributed by atoms with van der Waals surface area (Å²) in [4.78, 5) is 60.9. The zero-order valence-electron chi connectivity index (χ0n) is 18.7. The quantitative estimate of drug-likeness (QED) is 0.167. The summed E-state index contributed by atoms with van der Waals surface area (Å²) >= 11 is 4.10. The Morgan fingerprint density at radius 2 is 1.68 bits per heavy atom. The maximum Gasteiger partial charge on any atom is 0.326 e. The molecule has 34 heavy (non-hydrogen) atoms. The van der Waals surface area contributed by atoms with Crippen LogP contribution in [-0.2, 0) is 30.4 Å². The minimum Gasteiger partial charge on any atom is -0.480 e. The fourth-order valence-electron chi connectivity index (χ4n) is 3.52. The Morgan fingerprint density at radius 1 is 1.03 bits per heavy atom. The summed E-state index contributed by atoms with van der Waals surface area (Å²) < 4.78 is 0. The molecule has 0 bridgehead atoms. The van der Waals surface area contributed by atoms with Crippen molar-refractivity contribution in [1.29, 1.82) is 0 Å². The van der Waals surface area contributed by atoms with Gasteiger partial charge in [0, 0.05) is 18.6 Å². The number of thiol groups is 1. The molecule has 0 saturated carbocycles. The lowest BCUT2D eigenvalue weighted by molar-refractivity contribution is -0.142. The molecule has 4 amide bonds. The highest BCUT2D eigenvalue weighted by atomic mass is 32.1. The summed E-state index contributed by atoms with van der Waals surface area (Å²) in [6.45, 7) is 0.686. The second-order valence-electron chi connectivity index (χ2n) is 8.05. The highest BCUT2D eigenvalue weighted by molar-refractivity contribution is 7.80. The summed E-state index contributed by atoms with van der Waals surface area (Å²) in [5.41, 5.74) is 5.91. The molecule has 11 nitrogen and oxygen atoms in total. The maximum absolute atomic E-state index is 12.9. The first kappa shape index (κ1) is 27.1. The minimum atomic E-state index is -1.22. The van der Waals surface area contributed by atoms with E-state index in [1.165, 1.54) is 0 Å². The van der Waals surface area contributed by atoms with Crippen LogP contribution in [0, 0.1) is 0 Å². The van der Waals surface area contributed by atoms with Crippen molar-refractivity contribution in [1.82, 2.24) is 21.3 Å². The highest BCUT2D eigenvalue weighted by Gasteiger charge is 2.31. The molecule has 1 fully saturated rings. The first-order chi connectivity index (χ1) is 16.2. The van der Waals surface area contributed by atoms with Gasteiger partial charge in [-0.1, -0.05) is 30.3 Å². The Hall–Kier alpha value is -3.12. The van der Waals surface area contributed by atoms with Crippen LogP contribution in [0.4, 0.5) is 0 Å². The van der Waals surface area contributed by atoms with E-state index in [4.69, 9.17) is 5.73 Å². The molecule has 186 valence electrons. The van der Waals surface area contributed by atoms with Gasteiger partial charge in [0.1, 0.15) is 18.1 Å². The van der Waals surface area contributed by atoms with Crippen LogP contribution in [0.15, 0.2) is 30.3 Å². The van der Waals surface area contributed by atoms with Gasteiger partial charge in [-0.25, -0.2) is 4.79 Å². The topological polar surface area (TPSA) is 180 Å². The number of hydrogen-bond donors (Lipinski definition) is 7. The monoisotopic (exact) mass is 493 g/mol. The lowest BCUT2D eigenvalue weighted by atomic mass is 10.1. The number of nitrogens with one attached hydrogen (secondary N) is 4. The smallest absolute Gasteiger partial charge is 0.326 e. The van der Waals surface area contributed by atoms with Crippen molar-refractivity contribution in [3.8, 4) is 0 Å². The fourth-order valence-corrected chi connectivity index (χ4v) is 3.78. The normalized spacial score (nSPS) is 17.7. The molecule has 2 rings (SSSR count). The second kappa shape index (κ2) is 13.6. The predicted octanol–water partition coefficient (Wildman–Crippen LogP) is -1.28. The Morgan fingerprint density at radius 3 is 2.24 bits per heavy atom. The second-order valence-corrected chi connectivity index (χ2v) is 8.41. The molecule has 1 aromatic carbocycles. The summed E-state index contributed by atoms with van der Waals surface area (Å²) in [5, 5.41) is 20.0. The molecule has 1 aliphatic rings. The first-order valence-electron chi connectivity index (χ1n) is 11.0. The zero-order valence-corrected chi connectivity index (χ0v) is 19.6. The van der Waals surface area contributed by atoms with Gasteiger partial charge in [0.2, 0.25) is 23.6 Å². The maximum atomic E-state index is 12.9. The molecule has 12 heteroatoms. The summed E-state index contributed by atoms with van der Waals surface area (Å²) in [7, 11) is 0. The number of aliphatic carboxylic acids is 1. The number of carboxylic acids is 1. The van der Waals surface area contributed by atoms with Crippen molar-refractivity contribution in [3.05, 3.63) is 35.9 Å². The third-order valence-electron chi connectivity index (χ3n) is 5.40. The van der Waals surface area contributed by atoms with E-state index in [1.54, 1.807) is 30.3 Å². The van der Waals surface area contributed by atoms with Crippen molar-refractivity contribution < 1.29 is 29.1 Å². The van der Waals surface area contributed by atoms with E-state index in [9.17, 15) is 29.1 Å². The number of carbonyl (C=O) groups is 5. The highest BCUT2D eigenvalue weighted by Crippen LogP contribution is 2.08. The molecule has 1 aromatic rings.